The third kappa shape index (κ3) is 3.84. The van der Waals surface area contributed by atoms with Gasteiger partial charge in [-0.1, -0.05) is 64.5 Å². The van der Waals surface area contributed by atoms with Crippen molar-refractivity contribution in [2.45, 2.75) is 38.6 Å². The Morgan fingerprint density at radius 1 is 0.846 bits per heavy atom. The minimum atomic E-state index is -1.15. The molecule has 0 unspecified atom stereocenters. The molecule has 2 bridgehead atoms. The van der Waals surface area contributed by atoms with Crippen LogP contribution in [0.25, 0.3) is 0 Å². The highest BCUT2D eigenvalue weighted by Crippen LogP contribution is 2.61. The minimum Gasteiger partial charge on any atom is -0.454 e. The van der Waals surface area contributed by atoms with E-state index in [0.29, 0.717) is 5.69 Å². The van der Waals surface area contributed by atoms with E-state index in [-0.39, 0.29) is 23.7 Å². The van der Waals surface area contributed by atoms with E-state index in [9.17, 15) is 19.2 Å². The zero-order valence-corrected chi connectivity index (χ0v) is 23.3. The molecule has 3 aliphatic carbocycles. The van der Waals surface area contributed by atoms with Crippen LogP contribution in [0.2, 0.25) is 0 Å². The smallest absolute Gasteiger partial charge is 0.329 e. The van der Waals surface area contributed by atoms with Crippen LogP contribution in [0, 0.1) is 25.7 Å². The lowest BCUT2D eigenvalue weighted by atomic mass is 9.55. The molecule has 1 heterocycles. The maximum absolute atomic E-state index is 13.8. The zero-order valence-electron chi connectivity index (χ0n) is 21.7. The Morgan fingerprint density at radius 2 is 1.33 bits per heavy atom. The van der Waals surface area contributed by atoms with Gasteiger partial charge in [0.2, 0.25) is 11.8 Å². The largest absolute Gasteiger partial charge is 0.454 e. The summed E-state index contributed by atoms with van der Waals surface area (Å²) >= 11 is 3.46. The number of likely N-dealkylation sites (tertiary alicyclic amines) is 1. The van der Waals surface area contributed by atoms with E-state index in [0.717, 1.165) is 42.8 Å². The van der Waals surface area contributed by atoms with Crippen LogP contribution in [0.5, 0.6) is 0 Å². The maximum Gasteiger partial charge on any atom is 0.329 e. The number of halogens is 1. The molecular formula is C31H27BrN2O5. The molecule has 3 aromatic carbocycles. The SMILES string of the molecule is Cc1c(Br)ccc(NC(=O)COC(=O)[C@H](C)N2C(=O)[C@@H]3C4c5ccccc5C(c5ccccc54)[C@H]3C2=O)c1C. The highest BCUT2D eigenvalue weighted by molar-refractivity contribution is 9.10. The molecule has 3 aromatic rings. The van der Waals surface area contributed by atoms with Gasteiger partial charge in [-0.05, 0) is 66.3 Å². The van der Waals surface area contributed by atoms with Crippen molar-refractivity contribution in [1.29, 1.82) is 0 Å². The van der Waals surface area contributed by atoms with Gasteiger partial charge in [0.05, 0.1) is 11.8 Å². The van der Waals surface area contributed by atoms with Gasteiger partial charge in [0.25, 0.3) is 5.91 Å². The van der Waals surface area contributed by atoms with Gasteiger partial charge < -0.3 is 10.1 Å². The summed E-state index contributed by atoms with van der Waals surface area (Å²) in [5.74, 6) is -3.67. The summed E-state index contributed by atoms with van der Waals surface area (Å²) in [5, 5.41) is 2.76. The number of ether oxygens (including phenoxy) is 1. The van der Waals surface area contributed by atoms with Gasteiger partial charge in [-0.3, -0.25) is 19.3 Å². The second-order valence-electron chi connectivity index (χ2n) is 10.5. The lowest BCUT2D eigenvalue weighted by molar-refractivity contribution is -0.159. The van der Waals surface area contributed by atoms with Crippen molar-refractivity contribution in [2.75, 3.05) is 11.9 Å². The molecule has 0 saturated carbocycles. The fourth-order valence-electron chi connectivity index (χ4n) is 6.55. The Kier molecular flexibility index (Phi) is 6.18. The molecule has 39 heavy (non-hydrogen) atoms. The molecule has 3 amide bonds. The van der Waals surface area contributed by atoms with Crippen LogP contribution in [0.3, 0.4) is 0 Å². The molecule has 1 fully saturated rings. The van der Waals surface area contributed by atoms with E-state index in [1.54, 1.807) is 6.07 Å². The molecule has 0 aromatic heterocycles. The van der Waals surface area contributed by atoms with Crippen LogP contribution < -0.4 is 5.32 Å². The molecule has 8 heteroatoms. The first kappa shape index (κ1) is 25.5. The lowest BCUT2D eigenvalue weighted by Crippen LogP contribution is -2.45. The number of amides is 3. The zero-order chi connectivity index (χ0) is 27.6. The van der Waals surface area contributed by atoms with E-state index in [1.807, 2.05) is 68.4 Å². The van der Waals surface area contributed by atoms with Gasteiger partial charge >= 0.3 is 5.97 Å². The highest BCUT2D eigenvalue weighted by Gasteiger charge is 2.62. The number of nitrogens with one attached hydrogen (secondary N) is 1. The predicted octanol–water partition coefficient (Wildman–Crippen LogP) is 4.83. The molecule has 1 saturated heterocycles. The van der Waals surface area contributed by atoms with E-state index in [2.05, 4.69) is 21.2 Å². The van der Waals surface area contributed by atoms with Gasteiger partial charge in [-0.25, -0.2) is 4.79 Å². The van der Waals surface area contributed by atoms with E-state index < -0.39 is 36.4 Å². The summed E-state index contributed by atoms with van der Waals surface area (Å²) < 4.78 is 6.21. The highest BCUT2D eigenvalue weighted by atomic mass is 79.9. The van der Waals surface area contributed by atoms with Gasteiger partial charge in [0.1, 0.15) is 6.04 Å². The predicted molar refractivity (Wildman–Crippen MR) is 148 cm³/mol. The summed E-state index contributed by atoms with van der Waals surface area (Å²) in [6, 6.07) is 18.4. The van der Waals surface area contributed by atoms with Crippen LogP contribution in [0.1, 0.15) is 52.1 Å². The Bertz CT molecular complexity index is 1450. The number of hydrogen-bond donors (Lipinski definition) is 1. The van der Waals surface area contributed by atoms with Gasteiger partial charge in [0, 0.05) is 22.0 Å². The Hall–Kier alpha value is -3.78. The van der Waals surface area contributed by atoms with Crippen LogP contribution >= 0.6 is 15.9 Å². The lowest BCUT2D eigenvalue weighted by Gasteiger charge is -2.45. The number of imide groups is 1. The number of carbonyl (C=O) groups excluding carboxylic acids is 4. The van der Waals surface area contributed by atoms with Crippen molar-refractivity contribution in [3.63, 3.8) is 0 Å². The van der Waals surface area contributed by atoms with E-state index >= 15 is 0 Å². The molecule has 4 aliphatic rings. The van der Waals surface area contributed by atoms with E-state index in [1.165, 1.54) is 6.92 Å². The monoisotopic (exact) mass is 586 g/mol. The second kappa shape index (κ2) is 9.45. The first-order valence-corrected chi connectivity index (χ1v) is 13.8. The molecule has 1 N–H and O–H groups in total. The maximum atomic E-state index is 13.8. The Balaban J connectivity index is 1.20. The Morgan fingerprint density at radius 3 is 1.82 bits per heavy atom. The quantitative estimate of drug-likeness (QED) is 0.341. The Labute approximate surface area is 234 Å². The number of rotatable bonds is 5. The van der Waals surface area contributed by atoms with Crippen molar-refractivity contribution in [3.05, 3.63) is 98.5 Å². The second-order valence-corrected chi connectivity index (χ2v) is 11.3. The average Bonchev–Trinajstić information content (AvgIpc) is 3.21. The fraction of sp³-hybridized carbons (Fsp3) is 0.290. The number of benzene rings is 3. The van der Waals surface area contributed by atoms with Gasteiger partial charge in [-0.2, -0.15) is 0 Å². The number of carbonyl (C=O) groups is 4. The van der Waals surface area contributed by atoms with E-state index in [4.69, 9.17) is 4.74 Å². The number of nitrogens with zero attached hydrogens (tertiary/aromatic N) is 1. The summed E-state index contributed by atoms with van der Waals surface area (Å²) in [5.41, 5.74) is 6.76. The van der Waals surface area contributed by atoms with Crippen molar-refractivity contribution in [1.82, 2.24) is 4.90 Å². The number of hydrogen-bond acceptors (Lipinski definition) is 5. The molecule has 0 spiro atoms. The van der Waals surface area contributed by atoms with Crippen molar-refractivity contribution in [3.8, 4) is 0 Å². The van der Waals surface area contributed by atoms with Crippen LogP contribution in [-0.4, -0.2) is 41.2 Å². The van der Waals surface area contributed by atoms with Crippen molar-refractivity contribution in [2.24, 2.45) is 11.8 Å². The molecule has 0 radical (unpaired) electrons. The molecule has 1 aliphatic heterocycles. The number of anilines is 1. The minimum absolute atomic E-state index is 0.250. The summed E-state index contributed by atoms with van der Waals surface area (Å²) in [6.45, 7) is 4.78. The third-order valence-corrected chi connectivity index (χ3v) is 9.41. The fourth-order valence-corrected chi connectivity index (χ4v) is 6.98. The van der Waals surface area contributed by atoms with Crippen LogP contribution in [0.4, 0.5) is 5.69 Å². The van der Waals surface area contributed by atoms with Gasteiger partial charge in [0.15, 0.2) is 6.61 Å². The van der Waals surface area contributed by atoms with Crippen molar-refractivity contribution < 1.29 is 23.9 Å². The summed E-state index contributed by atoms with van der Waals surface area (Å²) in [4.78, 5) is 54.2. The van der Waals surface area contributed by atoms with Gasteiger partial charge in [-0.15, -0.1) is 0 Å². The topological polar surface area (TPSA) is 92.8 Å². The normalized spacial score (nSPS) is 23.1. The van der Waals surface area contributed by atoms with Crippen LogP contribution in [-0.2, 0) is 23.9 Å². The number of esters is 1. The summed E-state index contributed by atoms with van der Waals surface area (Å²) in [6.07, 6.45) is 0. The molecule has 7 nitrogen and oxygen atoms in total. The first-order chi connectivity index (χ1) is 18.7. The van der Waals surface area contributed by atoms with Crippen molar-refractivity contribution >= 4 is 45.3 Å². The molecule has 3 atom stereocenters. The first-order valence-electron chi connectivity index (χ1n) is 13.0. The summed E-state index contributed by atoms with van der Waals surface area (Å²) in [7, 11) is 0. The molecule has 7 rings (SSSR count). The third-order valence-electron chi connectivity index (χ3n) is 8.55. The molecular weight excluding hydrogens is 560 g/mol. The van der Waals surface area contributed by atoms with Crippen LogP contribution in [0.15, 0.2) is 65.1 Å². The molecule has 198 valence electrons. The average molecular weight is 587 g/mol. The standard InChI is InChI=1S/C31H27BrN2O5/c1-15-16(2)23(13-12-22(15)32)33-24(35)14-39-31(38)17(3)34-29(36)27-25-18-8-4-5-9-19(18)26(28(27)30(34)37)21-11-7-6-10-20(21)25/h4-13,17,25-28H,14H2,1-3H3,(H,33,35)/t17-,25?,26?,27+,28+/m0/s1.